The molecule has 6 rings (SSSR count). The van der Waals surface area contributed by atoms with Gasteiger partial charge in [0.25, 0.3) is 5.91 Å². The zero-order valence-electron chi connectivity index (χ0n) is 15.2. The maximum atomic E-state index is 12.8. The number of fused-ring (bicyclic) bond motifs is 1. The summed E-state index contributed by atoms with van der Waals surface area (Å²) in [4.78, 5) is 37.9. The summed E-state index contributed by atoms with van der Waals surface area (Å²) >= 11 is 0. The summed E-state index contributed by atoms with van der Waals surface area (Å²) in [7, 11) is 0. The van der Waals surface area contributed by atoms with Crippen LogP contribution in [0.25, 0.3) is 0 Å². The molecule has 7 nitrogen and oxygen atoms in total. The summed E-state index contributed by atoms with van der Waals surface area (Å²) in [5.74, 6) is -0.755. The van der Waals surface area contributed by atoms with Crippen LogP contribution in [-0.4, -0.2) is 40.7 Å². The Kier molecular flexibility index (Phi) is 3.52. The number of nitrogens with two attached hydrogens (primary N) is 1. The Morgan fingerprint density at radius 3 is 2.70 bits per heavy atom. The highest BCUT2D eigenvalue weighted by Crippen LogP contribution is 2.65. The molecule has 0 aromatic heterocycles. The van der Waals surface area contributed by atoms with Gasteiger partial charge in [0.15, 0.2) is 0 Å². The molecule has 3 amide bonds. The third kappa shape index (κ3) is 2.68. The van der Waals surface area contributed by atoms with Gasteiger partial charge >= 0.3 is 0 Å². The number of carbonyl (C=O) groups excluding carboxylic acids is 3. The average Bonchev–Trinajstić information content (AvgIpc) is 2.89. The van der Waals surface area contributed by atoms with Crippen molar-refractivity contribution in [3.05, 3.63) is 34.9 Å². The Labute approximate surface area is 157 Å². The van der Waals surface area contributed by atoms with E-state index in [1.54, 1.807) is 4.90 Å². The third-order valence-electron chi connectivity index (χ3n) is 6.60. The third-order valence-corrected chi connectivity index (χ3v) is 6.60. The molecule has 3 saturated carbocycles. The highest BCUT2D eigenvalue weighted by atomic mass is 16.2. The Bertz CT molecular complexity index is 845. The van der Waals surface area contributed by atoms with Crippen LogP contribution in [0.5, 0.6) is 0 Å². The number of carbonyl (C=O) groups is 3. The molecular formula is C20H24N4O3. The van der Waals surface area contributed by atoms with Gasteiger partial charge in [0, 0.05) is 37.2 Å². The van der Waals surface area contributed by atoms with Crippen LogP contribution in [-0.2, 0) is 22.7 Å². The van der Waals surface area contributed by atoms with Gasteiger partial charge in [-0.05, 0) is 48.3 Å². The van der Waals surface area contributed by atoms with Gasteiger partial charge in [0.1, 0.15) is 6.04 Å². The minimum absolute atomic E-state index is 0.120. The summed E-state index contributed by atoms with van der Waals surface area (Å²) in [5.41, 5.74) is 9.32. The first-order chi connectivity index (χ1) is 12.9. The first-order valence-electron chi connectivity index (χ1n) is 9.63. The van der Waals surface area contributed by atoms with E-state index in [0.717, 1.165) is 43.5 Å². The molecule has 3 aliphatic carbocycles. The number of hydrogen-bond donors (Lipinski definition) is 3. The van der Waals surface area contributed by atoms with E-state index >= 15 is 0 Å². The molecule has 4 fully saturated rings. The molecule has 0 spiro atoms. The Hall–Kier alpha value is -2.25. The van der Waals surface area contributed by atoms with Gasteiger partial charge in [-0.3, -0.25) is 19.7 Å². The zero-order valence-corrected chi connectivity index (χ0v) is 15.2. The second-order valence-corrected chi connectivity index (χ2v) is 8.89. The van der Waals surface area contributed by atoms with E-state index in [9.17, 15) is 14.4 Å². The van der Waals surface area contributed by atoms with Crippen LogP contribution in [0.3, 0.4) is 0 Å². The van der Waals surface area contributed by atoms with Crippen molar-refractivity contribution in [2.45, 2.75) is 56.8 Å². The van der Waals surface area contributed by atoms with Crippen molar-refractivity contribution in [1.29, 1.82) is 0 Å². The SMILES string of the molecule is NC12CC(CNCc3ccc4c(c3)C(=O)N(C3CCC(=O)NC3=O)C4)(C1)C2. The van der Waals surface area contributed by atoms with Crippen molar-refractivity contribution >= 4 is 17.7 Å². The standard InChI is InChI=1S/C20H24N4O3/c21-20-8-19(9-20,10-20)11-22-6-12-1-2-13-7-24(18(27)14(13)5-12)15-3-4-16(25)23-17(15)26/h1-2,5,15,22H,3-4,6-11,21H2,(H,23,25,26). The average molecular weight is 368 g/mol. The molecule has 4 N–H and O–H groups in total. The van der Waals surface area contributed by atoms with E-state index in [-0.39, 0.29) is 29.7 Å². The largest absolute Gasteiger partial charge is 0.325 e. The number of amides is 3. The molecule has 2 aliphatic heterocycles. The summed E-state index contributed by atoms with van der Waals surface area (Å²) in [5, 5.41) is 5.84. The number of imide groups is 1. The van der Waals surface area contributed by atoms with Crippen LogP contribution in [0.1, 0.15) is 53.6 Å². The summed E-state index contributed by atoms with van der Waals surface area (Å²) in [6.45, 7) is 2.12. The first-order valence-corrected chi connectivity index (χ1v) is 9.63. The smallest absolute Gasteiger partial charge is 0.255 e. The molecular weight excluding hydrogens is 344 g/mol. The van der Waals surface area contributed by atoms with E-state index in [1.165, 1.54) is 0 Å². The van der Waals surface area contributed by atoms with Crippen molar-refractivity contribution in [1.82, 2.24) is 15.5 Å². The van der Waals surface area contributed by atoms with E-state index in [0.29, 0.717) is 23.9 Å². The fraction of sp³-hybridized carbons (Fsp3) is 0.550. The molecule has 1 aromatic carbocycles. The van der Waals surface area contributed by atoms with Crippen molar-refractivity contribution in [3.8, 4) is 0 Å². The highest BCUT2D eigenvalue weighted by molar-refractivity contribution is 6.05. The van der Waals surface area contributed by atoms with Crippen LogP contribution >= 0.6 is 0 Å². The van der Waals surface area contributed by atoms with Gasteiger partial charge in [-0.25, -0.2) is 0 Å². The van der Waals surface area contributed by atoms with E-state index in [2.05, 4.69) is 10.6 Å². The van der Waals surface area contributed by atoms with Crippen molar-refractivity contribution in [2.24, 2.45) is 11.1 Å². The van der Waals surface area contributed by atoms with Gasteiger partial charge in [-0.2, -0.15) is 0 Å². The van der Waals surface area contributed by atoms with Gasteiger partial charge < -0.3 is 16.0 Å². The fourth-order valence-electron chi connectivity index (χ4n) is 5.46. The molecule has 7 heteroatoms. The lowest BCUT2D eigenvalue weighted by atomic mass is 9.40. The first kappa shape index (κ1) is 16.9. The molecule has 1 saturated heterocycles. The lowest BCUT2D eigenvalue weighted by molar-refractivity contribution is -0.136. The predicted octanol–water partition coefficient (Wildman–Crippen LogP) is 0.419. The van der Waals surface area contributed by atoms with Crippen LogP contribution in [0, 0.1) is 5.41 Å². The Balaban J connectivity index is 1.23. The topological polar surface area (TPSA) is 105 Å². The normalized spacial score (nSPS) is 34.0. The van der Waals surface area contributed by atoms with Crippen molar-refractivity contribution in [2.75, 3.05) is 6.54 Å². The van der Waals surface area contributed by atoms with Crippen molar-refractivity contribution in [3.63, 3.8) is 0 Å². The molecule has 1 atom stereocenters. The minimum Gasteiger partial charge on any atom is -0.325 e. The number of rotatable bonds is 5. The summed E-state index contributed by atoms with van der Waals surface area (Å²) in [6.07, 6.45) is 4.03. The molecule has 5 aliphatic rings. The molecule has 27 heavy (non-hydrogen) atoms. The van der Waals surface area contributed by atoms with E-state index in [4.69, 9.17) is 5.73 Å². The second kappa shape index (κ2) is 5.62. The lowest BCUT2D eigenvalue weighted by Crippen LogP contribution is -2.74. The summed E-state index contributed by atoms with van der Waals surface area (Å²) in [6, 6.07) is 5.39. The Morgan fingerprint density at radius 1 is 1.22 bits per heavy atom. The second-order valence-electron chi connectivity index (χ2n) is 8.89. The molecule has 1 aromatic rings. The summed E-state index contributed by atoms with van der Waals surface area (Å²) < 4.78 is 0. The van der Waals surface area contributed by atoms with E-state index < -0.39 is 6.04 Å². The fourth-order valence-corrected chi connectivity index (χ4v) is 5.46. The number of piperidine rings is 1. The highest BCUT2D eigenvalue weighted by Gasteiger charge is 2.65. The van der Waals surface area contributed by atoms with Gasteiger partial charge in [0.2, 0.25) is 11.8 Å². The minimum atomic E-state index is -0.558. The molecule has 2 heterocycles. The predicted molar refractivity (Wildman–Crippen MR) is 97.4 cm³/mol. The lowest BCUT2D eigenvalue weighted by Gasteiger charge is -2.69. The maximum absolute atomic E-state index is 12.8. The number of nitrogens with one attached hydrogen (secondary N) is 2. The van der Waals surface area contributed by atoms with Gasteiger partial charge in [-0.15, -0.1) is 0 Å². The van der Waals surface area contributed by atoms with Crippen LogP contribution in [0.4, 0.5) is 0 Å². The van der Waals surface area contributed by atoms with E-state index in [1.807, 2.05) is 18.2 Å². The monoisotopic (exact) mass is 368 g/mol. The molecule has 2 bridgehead atoms. The number of benzene rings is 1. The maximum Gasteiger partial charge on any atom is 0.255 e. The molecule has 1 unspecified atom stereocenters. The number of hydrogen-bond acceptors (Lipinski definition) is 5. The van der Waals surface area contributed by atoms with Crippen LogP contribution < -0.4 is 16.4 Å². The Morgan fingerprint density at radius 2 is 2.00 bits per heavy atom. The molecule has 0 radical (unpaired) electrons. The van der Waals surface area contributed by atoms with Gasteiger partial charge in [0.05, 0.1) is 0 Å². The van der Waals surface area contributed by atoms with Crippen molar-refractivity contribution < 1.29 is 14.4 Å². The zero-order chi connectivity index (χ0) is 18.8. The molecule has 142 valence electrons. The van der Waals surface area contributed by atoms with Crippen LogP contribution in [0.2, 0.25) is 0 Å². The van der Waals surface area contributed by atoms with Gasteiger partial charge in [-0.1, -0.05) is 12.1 Å². The van der Waals surface area contributed by atoms with Crippen LogP contribution in [0.15, 0.2) is 18.2 Å². The number of nitrogens with zero attached hydrogens (tertiary/aromatic N) is 1. The quantitative estimate of drug-likeness (QED) is 0.654.